The van der Waals surface area contributed by atoms with Gasteiger partial charge in [0, 0.05) is 13.1 Å². The number of hydrogen-bond donors (Lipinski definition) is 2. The molecule has 19 heavy (non-hydrogen) atoms. The SMILES string of the molecule is CC1CCC(CCNC(=O)C2CCC(CN)O2)CC1. The van der Waals surface area contributed by atoms with Crippen LogP contribution in [0.4, 0.5) is 0 Å². The fourth-order valence-corrected chi connectivity index (χ4v) is 3.20. The molecule has 3 N–H and O–H groups in total. The lowest BCUT2D eigenvalue weighted by atomic mass is 9.81. The minimum Gasteiger partial charge on any atom is -0.364 e. The van der Waals surface area contributed by atoms with Crippen molar-refractivity contribution in [3.63, 3.8) is 0 Å². The fraction of sp³-hybridized carbons (Fsp3) is 0.933. The predicted octanol–water partition coefficient (Wildman–Crippen LogP) is 1.83. The number of hydrogen-bond acceptors (Lipinski definition) is 3. The molecule has 1 saturated carbocycles. The van der Waals surface area contributed by atoms with Crippen molar-refractivity contribution < 1.29 is 9.53 Å². The zero-order valence-electron chi connectivity index (χ0n) is 12.1. The van der Waals surface area contributed by atoms with Crippen LogP contribution in [0.15, 0.2) is 0 Å². The van der Waals surface area contributed by atoms with Crippen LogP contribution in [0.25, 0.3) is 0 Å². The smallest absolute Gasteiger partial charge is 0.249 e. The molecule has 1 aliphatic heterocycles. The van der Waals surface area contributed by atoms with Crippen molar-refractivity contribution in [3.05, 3.63) is 0 Å². The highest BCUT2D eigenvalue weighted by atomic mass is 16.5. The number of carbonyl (C=O) groups is 1. The minimum atomic E-state index is -0.264. The second kappa shape index (κ2) is 7.25. The molecule has 110 valence electrons. The summed E-state index contributed by atoms with van der Waals surface area (Å²) in [4.78, 5) is 11.9. The van der Waals surface area contributed by atoms with Gasteiger partial charge in [0.2, 0.25) is 5.91 Å². The quantitative estimate of drug-likeness (QED) is 0.799. The first-order valence-electron chi connectivity index (χ1n) is 7.82. The summed E-state index contributed by atoms with van der Waals surface area (Å²) >= 11 is 0. The summed E-state index contributed by atoms with van der Waals surface area (Å²) in [7, 11) is 0. The zero-order chi connectivity index (χ0) is 13.7. The van der Waals surface area contributed by atoms with Crippen LogP contribution < -0.4 is 11.1 Å². The molecular formula is C15H28N2O2. The number of amides is 1. The van der Waals surface area contributed by atoms with Gasteiger partial charge in [-0.1, -0.05) is 32.6 Å². The van der Waals surface area contributed by atoms with Crippen LogP contribution in [-0.2, 0) is 9.53 Å². The Hall–Kier alpha value is -0.610. The largest absolute Gasteiger partial charge is 0.364 e. The third kappa shape index (κ3) is 4.46. The highest BCUT2D eigenvalue weighted by Gasteiger charge is 2.29. The summed E-state index contributed by atoms with van der Waals surface area (Å²) in [6.45, 7) is 3.65. The average Bonchev–Trinajstić information content (AvgIpc) is 2.90. The van der Waals surface area contributed by atoms with Gasteiger partial charge in [-0.05, 0) is 31.1 Å². The van der Waals surface area contributed by atoms with Crippen molar-refractivity contribution in [1.82, 2.24) is 5.32 Å². The maximum Gasteiger partial charge on any atom is 0.249 e. The third-order valence-corrected chi connectivity index (χ3v) is 4.65. The third-order valence-electron chi connectivity index (χ3n) is 4.65. The number of nitrogens with two attached hydrogens (primary N) is 1. The molecule has 0 spiro atoms. The molecule has 2 unspecified atom stereocenters. The Bertz CT molecular complexity index is 288. The molecule has 1 aliphatic carbocycles. The molecule has 0 bridgehead atoms. The van der Waals surface area contributed by atoms with Crippen molar-refractivity contribution in [2.45, 2.75) is 64.1 Å². The Labute approximate surface area is 116 Å². The van der Waals surface area contributed by atoms with Crippen molar-refractivity contribution >= 4 is 5.91 Å². The van der Waals surface area contributed by atoms with E-state index in [1.54, 1.807) is 0 Å². The van der Waals surface area contributed by atoms with E-state index in [1.807, 2.05) is 0 Å². The van der Waals surface area contributed by atoms with Crippen molar-refractivity contribution in [1.29, 1.82) is 0 Å². The van der Waals surface area contributed by atoms with E-state index in [9.17, 15) is 4.79 Å². The van der Waals surface area contributed by atoms with Crippen LogP contribution in [-0.4, -0.2) is 31.2 Å². The van der Waals surface area contributed by atoms with E-state index in [-0.39, 0.29) is 18.1 Å². The predicted molar refractivity (Wildman–Crippen MR) is 75.7 cm³/mol. The number of nitrogens with one attached hydrogen (secondary N) is 1. The average molecular weight is 268 g/mol. The van der Waals surface area contributed by atoms with Crippen LogP contribution >= 0.6 is 0 Å². The van der Waals surface area contributed by atoms with Crippen molar-refractivity contribution in [2.75, 3.05) is 13.1 Å². The van der Waals surface area contributed by atoms with Crippen molar-refractivity contribution in [2.24, 2.45) is 17.6 Å². The van der Waals surface area contributed by atoms with E-state index in [2.05, 4.69) is 12.2 Å². The van der Waals surface area contributed by atoms with E-state index >= 15 is 0 Å². The molecule has 4 heteroatoms. The summed E-state index contributed by atoms with van der Waals surface area (Å²) in [6.07, 6.45) is 8.01. The first-order valence-corrected chi connectivity index (χ1v) is 7.82. The molecule has 0 aromatic rings. The van der Waals surface area contributed by atoms with Crippen LogP contribution in [0.5, 0.6) is 0 Å². The molecule has 0 radical (unpaired) electrons. The number of carbonyl (C=O) groups excluding carboxylic acids is 1. The Morgan fingerprint density at radius 1 is 1.21 bits per heavy atom. The van der Waals surface area contributed by atoms with Gasteiger partial charge in [-0.3, -0.25) is 4.79 Å². The van der Waals surface area contributed by atoms with Gasteiger partial charge >= 0.3 is 0 Å². The second-order valence-electron chi connectivity index (χ2n) is 6.27. The Morgan fingerprint density at radius 2 is 1.95 bits per heavy atom. The number of rotatable bonds is 5. The first kappa shape index (κ1) is 14.8. The van der Waals surface area contributed by atoms with Gasteiger partial charge in [0.15, 0.2) is 0 Å². The summed E-state index contributed by atoms with van der Waals surface area (Å²) < 4.78 is 5.59. The molecule has 2 fully saturated rings. The van der Waals surface area contributed by atoms with Crippen LogP contribution in [0.2, 0.25) is 0 Å². The summed E-state index contributed by atoms with van der Waals surface area (Å²) in [5.41, 5.74) is 5.55. The first-order chi connectivity index (χ1) is 9.19. The normalized spacial score (nSPS) is 35.3. The highest BCUT2D eigenvalue weighted by Crippen LogP contribution is 2.30. The van der Waals surface area contributed by atoms with E-state index < -0.39 is 0 Å². The Balaban J connectivity index is 1.59. The van der Waals surface area contributed by atoms with Gasteiger partial charge in [0.1, 0.15) is 6.10 Å². The lowest BCUT2D eigenvalue weighted by Crippen LogP contribution is -2.36. The van der Waals surface area contributed by atoms with Crippen LogP contribution in [0, 0.1) is 11.8 Å². The Kier molecular flexibility index (Phi) is 5.64. The molecule has 2 atom stereocenters. The van der Waals surface area contributed by atoms with Gasteiger partial charge in [-0.2, -0.15) is 0 Å². The van der Waals surface area contributed by atoms with Gasteiger partial charge in [-0.15, -0.1) is 0 Å². The monoisotopic (exact) mass is 268 g/mol. The van der Waals surface area contributed by atoms with E-state index in [1.165, 1.54) is 25.7 Å². The maximum atomic E-state index is 11.9. The summed E-state index contributed by atoms with van der Waals surface area (Å²) in [5.74, 6) is 1.75. The molecule has 2 aliphatic rings. The molecule has 1 saturated heterocycles. The molecule has 1 heterocycles. The van der Waals surface area contributed by atoms with Gasteiger partial charge in [-0.25, -0.2) is 0 Å². The molecule has 2 rings (SSSR count). The van der Waals surface area contributed by atoms with Crippen molar-refractivity contribution in [3.8, 4) is 0 Å². The Morgan fingerprint density at radius 3 is 2.58 bits per heavy atom. The standard InChI is InChI=1S/C15H28N2O2/c1-11-2-4-12(5-3-11)8-9-17-15(18)14-7-6-13(10-16)19-14/h11-14H,2-10,16H2,1H3,(H,17,18). The van der Waals surface area contributed by atoms with E-state index in [4.69, 9.17) is 10.5 Å². The molecule has 0 aromatic carbocycles. The van der Waals surface area contributed by atoms with E-state index in [0.29, 0.717) is 6.54 Å². The topological polar surface area (TPSA) is 64.4 Å². The van der Waals surface area contributed by atoms with Gasteiger partial charge in [0.05, 0.1) is 6.10 Å². The molecule has 4 nitrogen and oxygen atoms in total. The molecular weight excluding hydrogens is 240 g/mol. The fourth-order valence-electron chi connectivity index (χ4n) is 3.20. The van der Waals surface area contributed by atoms with Gasteiger partial charge < -0.3 is 15.8 Å². The zero-order valence-corrected chi connectivity index (χ0v) is 12.1. The summed E-state index contributed by atoms with van der Waals surface area (Å²) in [5, 5.41) is 3.02. The minimum absolute atomic E-state index is 0.0557. The van der Waals surface area contributed by atoms with E-state index in [0.717, 1.165) is 37.6 Å². The second-order valence-corrected chi connectivity index (χ2v) is 6.27. The van der Waals surface area contributed by atoms with Crippen LogP contribution in [0.1, 0.15) is 51.9 Å². The number of ether oxygens (including phenoxy) is 1. The lowest BCUT2D eigenvalue weighted by molar-refractivity contribution is -0.131. The lowest BCUT2D eigenvalue weighted by Gasteiger charge is -2.26. The maximum absolute atomic E-state index is 11.9. The van der Waals surface area contributed by atoms with Gasteiger partial charge in [0.25, 0.3) is 0 Å². The highest BCUT2D eigenvalue weighted by molar-refractivity contribution is 5.80. The summed E-state index contributed by atoms with van der Waals surface area (Å²) in [6, 6.07) is 0. The molecule has 1 amide bonds. The molecule has 0 aromatic heterocycles. The van der Waals surface area contributed by atoms with Crippen LogP contribution in [0.3, 0.4) is 0 Å².